The highest BCUT2D eigenvalue weighted by molar-refractivity contribution is 7.17. The second-order valence-corrected chi connectivity index (χ2v) is 11.2. The van der Waals surface area contributed by atoms with Crippen molar-refractivity contribution >= 4 is 45.2 Å². The van der Waals surface area contributed by atoms with Crippen LogP contribution in [0.3, 0.4) is 0 Å². The van der Waals surface area contributed by atoms with Crippen molar-refractivity contribution in [2.75, 3.05) is 18.5 Å². The van der Waals surface area contributed by atoms with E-state index in [-0.39, 0.29) is 12.2 Å². The Kier molecular flexibility index (Phi) is 7.83. The fourth-order valence-corrected chi connectivity index (χ4v) is 6.75. The summed E-state index contributed by atoms with van der Waals surface area (Å²) >= 11 is 1.39. The Hall–Kier alpha value is -4.76. The van der Waals surface area contributed by atoms with E-state index < -0.39 is 24.5 Å². The molecule has 5 aromatic rings. The third kappa shape index (κ3) is 5.56. The second-order valence-electron chi connectivity index (χ2n) is 10.1. The van der Waals surface area contributed by atoms with E-state index in [0.717, 1.165) is 34.3 Å². The summed E-state index contributed by atoms with van der Waals surface area (Å²) in [7, 11) is 0. The molecule has 0 saturated carbocycles. The predicted octanol–water partition coefficient (Wildman–Crippen LogP) is 6.54. The van der Waals surface area contributed by atoms with E-state index in [4.69, 9.17) is 9.47 Å². The number of thiophene rings is 1. The first-order chi connectivity index (χ1) is 20.5. The molecule has 1 atom stereocenters. The molecule has 6 rings (SSSR count). The number of anilines is 1. The van der Waals surface area contributed by atoms with E-state index in [0.29, 0.717) is 34.3 Å². The number of aromatic amines is 1. The van der Waals surface area contributed by atoms with Crippen LogP contribution in [0.4, 0.5) is 5.00 Å². The van der Waals surface area contributed by atoms with E-state index in [1.54, 1.807) is 25.1 Å². The third-order valence-corrected chi connectivity index (χ3v) is 8.56. The number of rotatable bonds is 8. The molecule has 42 heavy (non-hydrogen) atoms. The molecule has 8 nitrogen and oxygen atoms in total. The lowest BCUT2D eigenvalue weighted by molar-refractivity contribution is -0.119. The molecule has 0 fully saturated rings. The smallest absolute Gasteiger partial charge is 0.341 e. The first kappa shape index (κ1) is 27.4. The third-order valence-electron chi connectivity index (χ3n) is 7.39. The zero-order valence-corrected chi connectivity index (χ0v) is 23.8. The molecule has 1 unspecified atom stereocenters. The number of hydrogen-bond acceptors (Lipinski definition) is 7. The number of hydrogen-bond donors (Lipinski definition) is 2. The molecular weight excluding hydrogens is 550 g/mol. The van der Waals surface area contributed by atoms with Crippen LogP contribution in [0, 0.1) is 0 Å². The van der Waals surface area contributed by atoms with Crippen molar-refractivity contribution in [1.29, 1.82) is 0 Å². The van der Waals surface area contributed by atoms with Crippen LogP contribution < -0.4 is 5.32 Å². The summed E-state index contributed by atoms with van der Waals surface area (Å²) in [4.78, 5) is 47.9. The van der Waals surface area contributed by atoms with Gasteiger partial charge in [-0.25, -0.2) is 14.6 Å². The first-order valence-corrected chi connectivity index (χ1v) is 14.7. The highest BCUT2D eigenvalue weighted by atomic mass is 32.1. The number of amides is 1. The van der Waals surface area contributed by atoms with Crippen molar-refractivity contribution in [2.24, 2.45) is 0 Å². The lowest BCUT2D eigenvalue weighted by Gasteiger charge is -2.23. The number of ether oxygens (including phenoxy) is 2. The van der Waals surface area contributed by atoms with Gasteiger partial charge >= 0.3 is 11.9 Å². The van der Waals surface area contributed by atoms with Crippen molar-refractivity contribution in [3.05, 3.63) is 106 Å². The molecular formula is C33H29N3O5S. The van der Waals surface area contributed by atoms with Crippen molar-refractivity contribution in [3.63, 3.8) is 0 Å². The number of nitrogens with one attached hydrogen (secondary N) is 2. The molecule has 0 saturated heterocycles. The average molecular weight is 580 g/mol. The summed E-state index contributed by atoms with van der Waals surface area (Å²) in [6.45, 7) is 1.47. The Labute approximate surface area is 246 Å². The van der Waals surface area contributed by atoms with Gasteiger partial charge in [0.25, 0.3) is 5.91 Å². The Bertz CT molecular complexity index is 1740. The average Bonchev–Trinajstić information content (AvgIpc) is 3.61. The van der Waals surface area contributed by atoms with E-state index >= 15 is 0 Å². The van der Waals surface area contributed by atoms with Crippen LogP contribution in [0.5, 0.6) is 0 Å². The van der Waals surface area contributed by atoms with Crippen LogP contribution in [0.15, 0.2) is 78.9 Å². The summed E-state index contributed by atoms with van der Waals surface area (Å²) in [5, 5.41) is 3.24. The van der Waals surface area contributed by atoms with E-state index in [1.165, 1.54) is 16.9 Å². The standard InChI is InChI=1S/C33H29N3O5S/c1-2-40-33(39)29-24-17-16-21(20-10-4-3-5-11-20)18-27(24)42-31(29)36-28(37)19-41-32(38)23-13-7-6-12-22(23)30-34-25-14-8-9-15-26(25)35-30/h3-15,21H,2,16-19H2,1H3,(H,34,35)(H,36,37). The van der Waals surface area contributed by atoms with Gasteiger partial charge in [-0.2, -0.15) is 0 Å². The minimum Gasteiger partial charge on any atom is -0.462 e. The Morgan fingerprint density at radius 2 is 1.71 bits per heavy atom. The highest BCUT2D eigenvalue weighted by Crippen LogP contribution is 2.42. The molecule has 0 radical (unpaired) electrons. The molecule has 1 aliphatic rings. The lowest BCUT2D eigenvalue weighted by Crippen LogP contribution is -2.22. The van der Waals surface area contributed by atoms with Crippen LogP contribution in [-0.2, 0) is 27.1 Å². The molecule has 2 N–H and O–H groups in total. The predicted molar refractivity (Wildman–Crippen MR) is 162 cm³/mol. The van der Waals surface area contributed by atoms with E-state index in [1.807, 2.05) is 48.5 Å². The molecule has 1 aliphatic carbocycles. The topological polar surface area (TPSA) is 110 Å². The number of fused-ring (bicyclic) bond motifs is 2. The largest absolute Gasteiger partial charge is 0.462 e. The fraction of sp³-hybridized carbons (Fsp3) is 0.212. The van der Waals surface area contributed by atoms with Gasteiger partial charge in [0.2, 0.25) is 0 Å². The van der Waals surface area contributed by atoms with Crippen molar-refractivity contribution in [1.82, 2.24) is 9.97 Å². The highest BCUT2D eigenvalue weighted by Gasteiger charge is 2.31. The summed E-state index contributed by atoms with van der Waals surface area (Å²) in [5.41, 5.74) is 5.07. The van der Waals surface area contributed by atoms with Gasteiger partial charge in [0.15, 0.2) is 6.61 Å². The van der Waals surface area contributed by atoms with Crippen LogP contribution in [0.25, 0.3) is 22.4 Å². The Morgan fingerprint density at radius 1 is 0.952 bits per heavy atom. The maximum atomic E-state index is 13.1. The summed E-state index contributed by atoms with van der Waals surface area (Å²) in [6.07, 6.45) is 2.39. The molecule has 1 amide bonds. The monoisotopic (exact) mass is 579 g/mol. The van der Waals surface area contributed by atoms with Crippen molar-refractivity contribution in [3.8, 4) is 11.4 Å². The molecule has 9 heteroatoms. The van der Waals surface area contributed by atoms with E-state index in [9.17, 15) is 14.4 Å². The number of carbonyl (C=O) groups is 3. The number of nitrogens with zero attached hydrogens (tertiary/aromatic N) is 1. The molecule has 212 valence electrons. The van der Waals surface area contributed by atoms with Gasteiger partial charge in [0.1, 0.15) is 10.8 Å². The van der Waals surface area contributed by atoms with Crippen LogP contribution >= 0.6 is 11.3 Å². The lowest BCUT2D eigenvalue weighted by atomic mass is 9.83. The minimum absolute atomic E-state index is 0.228. The van der Waals surface area contributed by atoms with Gasteiger partial charge in [-0.05, 0) is 61.4 Å². The van der Waals surface area contributed by atoms with Crippen molar-refractivity contribution < 1.29 is 23.9 Å². The van der Waals surface area contributed by atoms with E-state index in [2.05, 4.69) is 27.4 Å². The number of para-hydroxylation sites is 2. The maximum absolute atomic E-state index is 13.1. The number of benzene rings is 3. The molecule has 0 aliphatic heterocycles. The summed E-state index contributed by atoms with van der Waals surface area (Å²) < 4.78 is 10.8. The number of H-pyrrole nitrogens is 1. The zero-order valence-electron chi connectivity index (χ0n) is 23.0. The zero-order chi connectivity index (χ0) is 29.1. The van der Waals surface area contributed by atoms with Gasteiger partial charge in [0, 0.05) is 10.4 Å². The SMILES string of the molecule is CCOC(=O)c1c(NC(=O)COC(=O)c2ccccc2-c2nc3ccccc3[nH]2)sc2c1CCC(c1ccccc1)C2. The minimum atomic E-state index is -0.650. The number of imidazole rings is 1. The van der Waals surface area contributed by atoms with Gasteiger partial charge < -0.3 is 19.8 Å². The maximum Gasteiger partial charge on any atom is 0.341 e. The van der Waals surface area contributed by atoms with Gasteiger partial charge in [0.05, 0.1) is 28.8 Å². The van der Waals surface area contributed by atoms with Gasteiger partial charge in [-0.15, -0.1) is 11.3 Å². The normalized spacial score (nSPS) is 14.3. The Morgan fingerprint density at radius 3 is 2.52 bits per heavy atom. The van der Waals surface area contributed by atoms with Crippen LogP contribution in [0.1, 0.15) is 56.0 Å². The number of carbonyl (C=O) groups excluding carboxylic acids is 3. The van der Waals surface area contributed by atoms with Crippen molar-refractivity contribution in [2.45, 2.75) is 32.1 Å². The van der Waals surface area contributed by atoms with Gasteiger partial charge in [-0.1, -0.05) is 60.7 Å². The van der Waals surface area contributed by atoms with Gasteiger partial charge in [-0.3, -0.25) is 4.79 Å². The number of esters is 2. The molecule has 2 aromatic heterocycles. The Balaban J connectivity index is 1.18. The molecule has 0 spiro atoms. The van der Waals surface area contributed by atoms with Crippen LogP contribution in [0.2, 0.25) is 0 Å². The molecule has 3 aromatic carbocycles. The summed E-state index contributed by atoms with van der Waals surface area (Å²) in [5.74, 6) is -0.773. The van der Waals surface area contributed by atoms with Crippen LogP contribution in [-0.4, -0.2) is 41.0 Å². The first-order valence-electron chi connectivity index (χ1n) is 13.9. The molecule has 0 bridgehead atoms. The quantitative estimate of drug-likeness (QED) is 0.202. The molecule has 2 heterocycles. The number of aromatic nitrogens is 2. The fourth-order valence-electron chi connectivity index (χ4n) is 5.42. The second kappa shape index (κ2) is 12.0. The summed E-state index contributed by atoms with van der Waals surface area (Å²) in [6, 6.07) is 24.9.